The number of pyridine rings is 2. The Morgan fingerprint density at radius 1 is 1.21 bits per heavy atom. The van der Waals surface area contributed by atoms with E-state index < -0.39 is 0 Å². The lowest BCUT2D eigenvalue weighted by Crippen LogP contribution is -2.07. The Morgan fingerprint density at radius 3 is 2.92 bits per heavy atom. The highest BCUT2D eigenvalue weighted by Crippen LogP contribution is 2.30. The highest BCUT2D eigenvalue weighted by molar-refractivity contribution is 6.07. The Morgan fingerprint density at radius 2 is 2.12 bits per heavy atom. The maximum Gasteiger partial charge on any atom is 0.130 e. The molecule has 120 valence electrons. The van der Waals surface area contributed by atoms with Crippen molar-refractivity contribution in [3.8, 4) is 0 Å². The van der Waals surface area contributed by atoms with Gasteiger partial charge in [-0.1, -0.05) is 6.07 Å². The molecule has 1 aliphatic rings. The predicted molar refractivity (Wildman–Crippen MR) is 96.3 cm³/mol. The number of aromatic nitrogens is 3. The molecule has 3 heterocycles. The van der Waals surface area contributed by atoms with E-state index >= 15 is 0 Å². The first-order valence-corrected chi connectivity index (χ1v) is 8.16. The minimum Gasteiger partial charge on any atom is -0.339 e. The molecule has 5 nitrogen and oxygen atoms in total. The quantitative estimate of drug-likeness (QED) is 0.765. The van der Waals surface area contributed by atoms with E-state index in [1.165, 1.54) is 0 Å². The van der Waals surface area contributed by atoms with Crippen molar-refractivity contribution in [1.82, 2.24) is 14.6 Å². The van der Waals surface area contributed by atoms with Gasteiger partial charge < -0.3 is 10.7 Å². The topological polar surface area (TPSA) is 66.1 Å². The zero-order chi connectivity index (χ0) is 16.5. The van der Waals surface area contributed by atoms with E-state index in [0.29, 0.717) is 0 Å². The molecule has 0 radical (unpaired) electrons. The van der Waals surface area contributed by atoms with Crippen LogP contribution in [0.4, 0.5) is 5.82 Å². The number of hydrogen-bond donors (Lipinski definition) is 2. The van der Waals surface area contributed by atoms with Crippen molar-refractivity contribution in [2.24, 2.45) is 0 Å². The maximum absolute atomic E-state index is 8.29. The Hall–Kier alpha value is -2.95. The number of rotatable bonds is 3. The fraction of sp³-hybridized carbons (Fsp3) is 0.211. The lowest BCUT2D eigenvalue weighted by Gasteiger charge is -2.15. The second-order valence-corrected chi connectivity index (χ2v) is 6.09. The van der Waals surface area contributed by atoms with Crippen molar-refractivity contribution in [3.63, 3.8) is 0 Å². The van der Waals surface area contributed by atoms with Crippen molar-refractivity contribution in [3.05, 3.63) is 65.6 Å². The van der Waals surface area contributed by atoms with Gasteiger partial charge in [0.15, 0.2) is 0 Å². The number of nitrogens with one attached hydrogen (secondary N) is 2. The minimum absolute atomic E-state index is 0.721. The summed E-state index contributed by atoms with van der Waals surface area (Å²) in [6, 6.07) is 12.1. The van der Waals surface area contributed by atoms with E-state index in [9.17, 15) is 0 Å². The van der Waals surface area contributed by atoms with Crippen LogP contribution in [-0.2, 0) is 0 Å². The monoisotopic (exact) mass is 317 g/mol. The van der Waals surface area contributed by atoms with Crippen LogP contribution >= 0.6 is 0 Å². The van der Waals surface area contributed by atoms with Gasteiger partial charge in [0.05, 0.1) is 11.2 Å². The van der Waals surface area contributed by atoms with Crippen molar-refractivity contribution in [1.29, 1.82) is 5.41 Å². The summed E-state index contributed by atoms with van der Waals surface area (Å²) >= 11 is 0. The first-order chi connectivity index (χ1) is 11.7. The summed E-state index contributed by atoms with van der Waals surface area (Å²) in [6.45, 7) is 1.98. The highest BCUT2D eigenvalue weighted by Gasteiger charge is 2.20. The van der Waals surface area contributed by atoms with Gasteiger partial charge in [-0.3, -0.25) is 0 Å². The van der Waals surface area contributed by atoms with Crippen LogP contribution < -0.4 is 5.32 Å². The SMILES string of the molecule is Cc1cccc(N/C(=C2/CCCC2=N)c2ccn3nccc3c2)n1. The standard InChI is InChI=1S/C19H19N5/c1-13-4-2-7-18(22-13)23-19(16-5-3-6-17(16)20)14-9-11-24-15(12-14)8-10-21-24/h2,4,7-12,20H,3,5-6H2,1H3,(H,22,23)/b19-16-,20-17?. The van der Waals surface area contributed by atoms with Crippen LogP contribution in [-0.4, -0.2) is 20.3 Å². The molecule has 3 aromatic rings. The average Bonchev–Trinajstić information content (AvgIpc) is 3.20. The van der Waals surface area contributed by atoms with E-state index in [1.807, 2.05) is 48.0 Å². The summed E-state index contributed by atoms with van der Waals surface area (Å²) in [7, 11) is 0. The Balaban J connectivity index is 1.82. The minimum atomic E-state index is 0.721. The third-order valence-corrected chi connectivity index (χ3v) is 4.35. The van der Waals surface area contributed by atoms with Crippen LogP contribution in [0.1, 0.15) is 30.5 Å². The molecule has 24 heavy (non-hydrogen) atoms. The zero-order valence-electron chi connectivity index (χ0n) is 13.6. The van der Waals surface area contributed by atoms with Gasteiger partial charge in [0.1, 0.15) is 5.82 Å². The predicted octanol–water partition coefficient (Wildman–Crippen LogP) is 4.06. The third-order valence-electron chi connectivity index (χ3n) is 4.35. The highest BCUT2D eigenvalue weighted by atomic mass is 15.2. The smallest absolute Gasteiger partial charge is 0.130 e. The summed E-state index contributed by atoms with van der Waals surface area (Å²) in [5, 5.41) is 16.0. The maximum atomic E-state index is 8.29. The van der Waals surface area contributed by atoms with Crippen molar-refractivity contribution in [2.75, 3.05) is 5.32 Å². The number of nitrogens with zero attached hydrogens (tertiary/aromatic N) is 3. The molecule has 2 N–H and O–H groups in total. The van der Waals surface area contributed by atoms with Gasteiger partial charge in [0, 0.05) is 29.4 Å². The van der Waals surface area contributed by atoms with Crippen LogP contribution in [0.15, 0.2) is 54.4 Å². The fourth-order valence-corrected chi connectivity index (χ4v) is 3.16. The molecule has 0 aliphatic heterocycles. The van der Waals surface area contributed by atoms with Gasteiger partial charge in [0.25, 0.3) is 0 Å². The van der Waals surface area contributed by atoms with Gasteiger partial charge in [-0.15, -0.1) is 0 Å². The summed E-state index contributed by atoms with van der Waals surface area (Å²) in [4.78, 5) is 4.55. The summed E-state index contributed by atoms with van der Waals surface area (Å²) in [5.41, 5.74) is 5.86. The molecule has 5 heteroatoms. The summed E-state index contributed by atoms with van der Waals surface area (Å²) in [5.74, 6) is 0.811. The first kappa shape index (κ1) is 14.6. The van der Waals surface area contributed by atoms with Gasteiger partial charge in [-0.05, 0) is 62.1 Å². The number of aryl methyl sites for hydroxylation is 1. The molecule has 0 aromatic carbocycles. The first-order valence-electron chi connectivity index (χ1n) is 8.16. The van der Waals surface area contributed by atoms with Gasteiger partial charge in [-0.2, -0.15) is 5.10 Å². The van der Waals surface area contributed by atoms with Crippen LogP contribution in [0, 0.1) is 12.3 Å². The van der Waals surface area contributed by atoms with Crippen molar-refractivity contribution < 1.29 is 0 Å². The van der Waals surface area contributed by atoms with Gasteiger partial charge in [-0.25, -0.2) is 9.50 Å². The molecule has 0 atom stereocenters. The molecule has 0 unspecified atom stereocenters. The van der Waals surface area contributed by atoms with Crippen LogP contribution in [0.3, 0.4) is 0 Å². The number of anilines is 1. The molecule has 1 fully saturated rings. The van der Waals surface area contributed by atoms with Crippen molar-refractivity contribution >= 4 is 22.7 Å². The molecule has 0 saturated heterocycles. The fourth-order valence-electron chi connectivity index (χ4n) is 3.16. The van der Waals surface area contributed by atoms with E-state index in [2.05, 4.69) is 21.5 Å². The van der Waals surface area contributed by atoms with Gasteiger partial charge in [0.2, 0.25) is 0 Å². The number of allylic oxidation sites excluding steroid dienone is 1. The average molecular weight is 317 g/mol. The molecule has 1 saturated carbocycles. The molecule has 1 aliphatic carbocycles. The second kappa shape index (κ2) is 5.92. The van der Waals surface area contributed by atoms with E-state index in [0.717, 1.165) is 58.8 Å². The van der Waals surface area contributed by atoms with Crippen molar-refractivity contribution in [2.45, 2.75) is 26.2 Å². The normalized spacial score (nSPS) is 16.6. The molecular weight excluding hydrogens is 298 g/mol. The summed E-state index contributed by atoms with van der Waals surface area (Å²) in [6.07, 6.45) is 6.55. The van der Waals surface area contributed by atoms with Gasteiger partial charge >= 0.3 is 0 Å². The molecule has 0 bridgehead atoms. The zero-order valence-corrected chi connectivity index (χ0v) is 13.6. The Labute approximate surface area is 140 Å². The van der Waals surface area contributed by atoms with E-state index in [4.69, 9.17) is 5.41 Å². The largest absolute Gasteiger partial charge is 0.339 e. The van der Waals surface area contributed by atoms with E-state index in [1.54, 1.807) is 6.20 Å². The van der Waals surface area contributed by atoms with Crippen LogP contribution in [0.5, 0.6) is 0 Å². The lowest BCUT2D eigenvalue weighted by molar-refractivity contribution is 0.945. The van der Waals surface area contributed by atoms with Crippen LogP contribution in [0.25, 0.3) is 11.2 Å². The molecule has 4 rings (SSSR count). The number of fused-ring (bicyclic) bond motifs is 1. The second-order valence-electron chi connectivity index (χ2n) is 6.09. The Kier molecular flexibility index (Phi) is 3.61. The Bertz CT molecular complexity index is 951. The van der Waals surface area contributed by atoms with E-state index in [-0.39, 0.29) is 0 Å². The molecule has 0 amide bonds. The molecular formula is C19H19N5. The molecule has 0 spiro atoms. The molecule has 3 aromatic heterocycles. The van der Waals surface area contributed by atoms with Crippen LogP contribution in [0.2, 0.25) is 0 Å². The number of hydrogen-bond acceptors (Lipinski definition) is 4. The lowest BCUT2D eigenvalue weighted by atomic mass is 10.0. The summed E-state index contributed by atoms with van der Waals surface area (Å²) < 4.78 is 1.84. The third kappa shape index (κ3) is 2.69.